The van der Waals surface area contributed by atoms with E-state index in [0.717, 1.165) is 11.1 Å². The second kappa shape index (κ2) is 4.43. The quantitative estimate of drug-likeness (QED) is 0.501. The van der Waals surface area contributed by atoms with Gasteiger partial charge in [-0.15, -0.1) is 5.54 Å². The van der Waals surface area contributed by atoms with E-state index in [1.807, 2.05) is 6.07 Å². The average molecular weight is 272 g/mol. The number of benzene rings is 1. The van der Waals surface area contributed by atoms with Gasteiger partial charge in [0.1, 0.15) is 8.07 Å². The first-order valence-electron chi connectivity index (χ1n) is 6.39. The van der Waals surface area contributed by atoms with Gasteiger partial charge >= 0.3 is 0 Å². The van der Waals surface area contributed by atoms with E-state index in [1.165, 1.54) is 0 Å². The third-order valence-electron chi connectivity index (χ3n) is 3.32. The molecule has 0 amide bonds. The molecule has 2 N–H and O–H groups in total. The summed E-state index contributed by atoms with van der Waals surface area (Å²) in [6.07, 6.45) is 1.28. The molecule has 0 bridgehead atoms. The van der Waals surface area contributed by atoms with Crippen molar-refractivity contribution in [3.8, 4) is 11.5 Å². The van der Waals surface area contributed by atoms with Gasteiger partial charge in [0, 0.05) is 16.7 Å². The van der Waals surface area contributed by atoms with Crippen LogP contribution in [0.25, 0.3) is 0 Å². The van der Waals surface area contributed by atoms with Gasteiger partial charge in [-0.2, -0.15) is 0 Å². The van der Waals surface area contributed by atoms with Crippen LogP contribution in [0, 0.1) is 11.5 Å². The van der Waals surface area contributed by atoms with E-state index in [1.54, 1.807) is 12.1 Å². The molecule has 0 spiro atoms. The number of hydrogen-bond acceptors (Lipinski definition) is 3. The van der Waals surface area contributed by atoms with Crippen molar-refractivity contribution in [3.63, 3.8) is 0 Å². The third-order valence-corrected chi connectivity index (χ3v) is 4.19. The molecular formula is C15H18NO2Si-. The van der Waals surface area contributed by atoms with Crippen LogP contribution in [0.2, 0.25) is 19.6 Å². The molecule has 0 unspecified atom stereocenters. The summed E-state index contributed by atoms with van der Waals surface area (Å²) in [5.41, 5.74) is 10.5. The highest BCUT2D eigenvalue weighted by atomic mass is 28.3. The summed E-state index contributed by atoms with van der Waals surface area (Å²) >= 11 is 0. The fourth-order valence-corrected chi connectivity index (χ4v) is 2.46. The monoisotopic (exact) mass is 272 g/mol. The highest BCUT2D eigenvalue weighted by Gasteiger charge is 2.45. The fraction of sp³-hybridized carbons (Fsp3) is 0.400. The summed E-state index contributed by atoms with van der Waals surface area (Å²) < 4.78 is 0. The molecule has 1 aliphatic rings. The van der Waals surface area contributed by atoms with Gasteiger partial charge < -0.3 is 15.6 Å². The molecule has 19 heavy (non-hydrogen) atoms. The van der Waals surface area contributed by atoms with Gasteiger partial charge in [0.15, 0.2) is 0 Å². The summed E-state index contributed by atoms with van der Waals surface area (Å²) in [5.74, 6) is 2.11. The first-order chi connectivity index (χ1) is 8.74. The van der Waals surface area contributed by atoms with E-state index in [-0.39, 0.29) is 0 Å². The molecule has 0 saturated heterocycles. The molecule has 3 nitrogen and oxygen atoms in total. The van der Waals surface area contributed by atoms with Crippen molar-refractivity contribution in [1.82, 2.24) is 0 Å². The lowest BCUT2D eigenvalue weighted by Crippen LogP contribution is -2.35. The normalized spacial score (nSPS) is 16.4. The maximum atomic E-state index is 11.2. The summed E-state index contributed by atoms with van der Waals surface area (Å²) in [4.78, 5) is 11.2. The third kappa shape index (κ3) is 2.82. The first-order valence-corrected chi connectivity index (χ1v) is 9.89. The predicted octanol–water partition coefficient (Wildman–Crippen LogP) is 1.28. The van der Waals surface area contributed by atoms with E-state index in [0.29, 0.717) is 18.5 Å². The Morgan fingerprint density at radius 1 is 1.37 bits per heavy atom. The maximum absolute atomic E-state index is 11.2. The summed E-state index contributed by atoms with van der Waals surface area (Å²) in [6.45, 7) is 6.47. The number of carboxylic acids is 1. The minimum absolute atomic E-state index is 0.601. The van der Waals surface area contributed by atoms with E-state index >= 15 is 0 Å². The van der Waals surface area contributed by atoms with Gasteiger partial charge in [-0.05, 0) is 30.5 Å². The van der Waals surface area contributed by atoms with Gasteiger partial charge in [-0.3, -0.25) is 0 Å². The predicted molar refractivity (Wildman–Crippen MR) is 77.0 cm³/mol. The van der Waals surface area contributed by atoms with E-state index in [2.05, 4.69) is 31.1 Å². The lowest BCUT2D eigenvalue weighted by atomic mass is 9.94. The Kier molecular flexibility index (Phi) is 3.19. The van der Waals surface area contributed by atoms with Gasteiger partial charge in [0.25, 0.3) is 0 Å². The molecular weight excluding hydrogens is 254 g/mol. The van der Waals surface area contributed by atoms with Gasteiger partial charge in [-0.25, -0.2) is 0 Å². The Labute approximate surface area is 114 Å². The van der Waals surface area contributed by atoms with Crippen LogP contribution >= 0.6 is 0 Å². The number of nitrogens with two attached hydrogens (primary N) is 1. The van der Waals surface area contributed by atoms with Crippen molar-refractivity contribution >= 4 is 19.7 Å². The summed E-state index contributed by atoms with van der Waals surface area (Å²) in [5, 5.41) is 11.2. The number of nitrogen functional groups attached to an aromatic ring is 1. The number of carbonyl (C=O) groups is 1. The largest absolute Gasteiger partial charge is 0.549 e. The zero-order valence-corrected chi connectivity index (χ0v) is 12.5. The average Bonchev–Trinajstić information content (AvgIpc) is 3.08. The lowest BCUT2D eigenvalue weighted by molar-refractivity contribution is -0.309. The van der Waals surface area contributed by atoms with Crippen molar-refractivity contribution in [2.75, 3.05) is 5.73 Å². The molecule has 1 aromatic carbocycles. The molecule has 2 rings (SSSR count). The van der Waals surface area contributed by atoms with Crippen molar-refractivity contribution in [2.24, 2.45) is 0 Å². The Morgan fingerprint density at radius 2 is 2.00 bits per heavy atom. The molecule has 0 radical (unpaired) electrons. The Bertz CT molecular complexity index is 586. The zero-order chi connectivity index (χ0) is 14.3. The van der Waals surface area contributed by atoms with Crippen molar-refractivity contribution in [1.29, 1.82) is 0 Å². The fourth-order valence-electron chi connectivity index (χ4n) is 1.95. The van der Waals surface area contributed by atoms with E-state index in [9.17, 15) is 9.90 Å². The van der Waals surface area contributed by atoms with Crippen LogP contribution < -0.4 is 10.8 Å². The summed E-state index contributed by atoms with van der Waals surface area (Å²) in [6, 6.07) is 5.33. The van der Waals surface area contributed by atoms with Gasteiger partial charge in [-0.1, -0.05) is 31.6 Å². The Morgan fingerprint density at radius 3 is 2.47 bits per heavy atom. The minimum Gasteiger partial charge on any atom is -0.549 e. The van der Waals surface area contributed by atoms with Crippen LogP contribution in [0.1, 0.15) is 24.0 Å². The molecule has 1 aliphatic carbocycles. The lowest BCUT2D eigenvalue weighted by Gasteiger charge is -2.17. The number of anilines is 1. The SMILES string of the molecule is C[Si](C)(C)C#Cc1cc(C2(C(=O)[O-])CC2)ccc1N. The standard InChI is InChI=1S/C15H19NO2Si/c1-19(2,3)9-6-11-10-12(4-5-13(11)16)15(7-8-15)14(17)18/h4-5,10H,7-8,16H2,1-3H3,(H,17,18)/p-1. The first kappa shape index (κ1) is 13.7. The minimum atomic E-state index is -1.48. The highest BCUT2D eigenvalue weighted by molar-refractivity contribution is 6.83. The van der Waals surface area contributed by atoms with Crippen LogP contribution in [0.3, 0.4) is 0 Å². The summed E-state index contributed by atoms with van der Waals surface area (Å²) in [7, 11) is -1.48. The molecule has 1 fully saturated rings. The van der Waals surface area contributed by atoms with Crippen molar-refractivity contribution < 1.29 is 9.90 Å². The molecule has 100 valence electrons. The van der Waals surface area contributed by atoms with Crippen LogP contribution in [-0.2, 0) is 10.2 Å². The second-order valence-electron chi connectivity index (χ2n) is 6.17. The molecule has 1 aromatic rings. The molecule has 0 atom stereocenters. The zero-order valence-electron chi connectivity index (χ0n) is 11.5. The van der Waals surface area contributed by atoms with Crippen LogP contribution in [0.5, 0.6) is 0 Å². The number of hydrogen-bond donors (Lipinski definition) is 1. The van der Waals surface area contributed by atoms with Crippen LogP contribution in [0.15, 0.2) is 18.2 Å². The molecule has 0 aromatic heterocycles. The smallest absolute Gasteiger partial charge is 0.129 e. The molecule has 4 heteroatoms. The highest BCUT2D eigenvalue weighted by Crippen LogP contribution is 2.48. The van der Waals surface area contributed by atoms with Gasteiger partial charge in [0.2, 0.25) is 0 Å². The number of aliphatic carboxylic acids is 1. The van der Waals surface area contributed by atoms with Crippen LogP contribution in [0.4, 0.5) is 5.69 Å². The van der Waals surface area contributed by atoms with E-state index in [4.69, 9.17) is 5.73 Å². The molecule has 0 aliphatic heterocycles. The number of carboxylic acid groups (broad SMARTS) is 1. The van der Waals surface area contributed by atoms with E-state index < -0.39 is 19.5 Å². The topological polar surface area (TPSA) is 66.1 Å². The van der Waals surface area contributed by atoms with Crippen molar-refractivity contribution in [2.45, 2.75) is 37.9 Å². The van der Waals surface area contributed by atoms with Crippen LogP contribution in [-0.4, -0.2) is 14.0 Å². The Hall–Kier alpha value is -1.73. The number of rotatable bonds is 2. The van der Waals surface area contributed by atoms with Crippen molar-refractivity contribution in [3.05, 3.63) is 29.3 Å². The second-order valence-corrected chi connectivity index (χ2v) is 10.9. The molecule has 0 heterocycles. The Balaban J connectivity index is 2.41. The maximum Gasteiger partial charge on any atom is 0.129 e. The molecule has 1 saturated carbocycles. The van der Waals surface area contributed by atoms with Gasteiger partial charge in [0.05, 0.1) is 5.97 Å². The number of carbonyl (C=O) groups excluding carboxylic acids is 1.